The average Bonchev–Trinajstić information content (AvgIpc) is 2.11. The summed E-state index contributed by atoms with van der Waals surface area (Å²) in [4.78, 5) is 3.66. The fourth-order valence-electron chi connectivity index (χ4n) is 1.11. The summed E-state index contributed by atoms with van der Waals surface area (Å²) in [6.45, 7) is 0. The molecule has 0 aliphatic rings. The van der Waals surface area contributed by atoms with E-state index in [1.54, 1.807) is 0 Å². The van der Waals surface area contributed by atoms with Gasteiger partial charge in [-0.3, -0.25) is 0 Å². The lowest BCUT2D eigenvalue weighted by Gasteiger charge is -2.15. The third kappa shape index (κ3) is 3.14. The summed E-state index contributed by atoms with van der Waals surface area (Å²) in [6, 6.07) is -0.953. The van der Waals surface area contributed by atoms with Crippen molar-refractivity contribution >= 4 is 34.8 Å². The summed E-state index contributed by atoms with van der Waals surface area (Å²) in [7, 11) is 0. The molecule has 84 valence electrons. The highest BCUT2D eigenvalue weighted by Crippen LogP contribution is 2.34. The first-order valence-corrected chi connectivity index (χ1v) is 5.10. The van der Waals surface area contributed by atoms with E-state index in [1.807, 2.05) is 0 Å². The van der Waals surface area contributed by atoms with E-state index in [9.17, 15) is 8.78 Å². The monoisotopic (exact) mass is 274 g/mol. The first-order valence-electron chi connectivity index (χ1n) is 3.96. The lowest BCUT2D eigenvalue weighted by atomic mass is 10.1. The highest BCUT2D eigenvalue weighted by molar-refractivity contribution is 6.43. The zero-order valence-corrected chi connectivity index (χ0v) is 9.62. The molecule has 7 heteroatoms. The first-order chi connectivity index (χ1) is 6.93. The fraction of sp³-hybridized carbons (Fsp3) is 0.375. The van der Waals surface area contributed by atoms with Gasteiger partial charge in [0.1, 0.15) is 5.15 Å². The Hall–Kier alpha value is -0.160. The molecular weight excluding hydrogens is 268 g/mol. The molecule has 0 saturated heterocycles. The van der Waals surface area contributed by atoms with Gasteiger partial charge in [-0.25, -0.2) is 13.8 Å². The highest BCUT2D eigenvalue weighted by Gasteiger charge is 2.20. The van der Waals surface area contributed by atoms with E-state index in [-0.39, 0.29) is 20.8 Å². The van der Waals surface area contributed by atoms with Gasteiger partial charge in [-0.1, -0.05) is 34.8 Å². The molecule has 0 fully saturated rings. The molecule has 0 spiro atoms. The van der Waals surface area contributed by atoms with Crippen LogP contribution in [0, 0.1) is 0 Å². The van der Waals surface area contributed by atoms with Crippen LogP contribution in [0.4, 0.5) is 8.78 Å². The second-order valence-corrected chi connectivity index (χ2v) is 4.00. The lowest BCUT2D eigenvalue weighted by molar-refractivity contribution is 0.128. The minimum absolute atomic E-state index is 0.000725. The number of aromatic nitrogens is 1. The summed E-state index contributed by atoms with van der Waals surface area (Å²) >= 11 is 17.1. The molecular formula is C8H7Cl3F2N2. The predicted molar refractivity (Wildman–Crippen MR) is 56.8 cm³/mol. The molecule has 0 amide bonds. The third-order valence-corrected chi connectivity index (χ3v) is 2.84. The van der Waals surface area contributed by atoms with Crippen molar-refractivity contribution in [2.45, 2.75) is 18.9 Å². The molecule has 0 aliphatic carbocycles. The van der Waals surface area contributed by atoms with E-state index in [2.05, 4.69) is 4.98 Å². The van der Waals surface area contributed by atoms with Crippen molar-refractivity contribution in [3.05, 3.63) is 27.0 Å². The maximum absolute atomic E-state index is 12.1. The van der Waals surface area contributed by atoms with E-state index in [0.29, 0.717) is 0 Å². The van der Waals surface area contributed by atoms with Crippen LogP contribution < -0.4 is 5.73 Å². The van der Waals surface area contributed by atoms with Crippen molar-refractivity contribution in [3.63, 3.8) is 0 Å². The van der Waals surface area contributed by atoms with Crippen LogP contribution in [0.5, 0.6) is 0 Å². The Kier molecular flexibility index (Phi) is 4.52. The predicted octanol–water partition coefficient (Wildman–Crippen LogP) is 3.70. The number of nitrogens with two attached hydrogens (primary N) is 1. The normalized spacial score (nSPS) is 13.3. The van der Waals surface area contributed by atoms with Gasteiger partial charge in [-0.05, 0) is 0 Å². The summed E-state index contributed by atoms with van der Waals surface area (Å²) in [5.41, 5.74) is 5.74. The maximum Gasteiger partial charge on any atom is 0.240 e. The molecule has 0 unspecified atom stereocenters. The third-order valence-electron chi connectivity index (χ3n) is 1.77. The van der Waals surface area contributed by atoms with Crippen LogP contribution in [-0.2, 0) is 0 Å². The van der Waals surface area contributed by atoms with Crippen LogP contribution in [0.25, 0.3) is 0 Å². The van der Waals surface area contributed by atoms with Gasteiger partial charge in [0.05, 0.1) is 10.0 Å². The summed E-state index contributed by atoms with van der Waals surface area (Å²) in [5, 5.41) is 0.163. The van der Waals surface area contributed by atoms with Crippen LogP contribution in [0.15, 0.2) is 6.20 Å². The molecule has 2 nitrogen and oxygen atoms in total. The van der Waals surface area contributed by atoms with Gasteiger partial charge >= 0.3 is 0 Å². The van der Waals surface area contributed by atoms with Gasteiger partial charge in [0.15, 0.2) is 0 Å². The minimum Gasteiger partial charge on any atom is -0.324 e. The molecule has 0 aliphatic heterocycles. The Bertz CT molecular complexity index is 360. The van der Waals surface area contributed by atoms with Gasteiger partial charge < -0.3 is 5.73 Å². The number of nitrogens with zero attached hydrogens (tertiary/aromatic N) is 1. The van der Waals surface area contributed by atoms with Crippen molar-refractivity contribution in [1.82, 2.24) is 4.98 Å². The number of hydrogen-bond donors (Lipinski definition) is 1. The Morgan fingerprint density at radius 2 is 1.93 bits per heavy atom. The average molecular weight is 276 g/mol. The Labute approximate surface area is 100 Å². The highest BCUT2D eigenvalue weighted by atomic mass is 35.5. The van der Waals surface area contributed by atoms with E-state index in [1.165, 1.54) is 6.20 Å². The second-order valence-electron chi connectivity index (χ2n) is 2.86. The first kappa shape index (κ1) is 12.9. The Balaban J connectivity index is 3.07. The van der Waals surface area contributed by atoms with Gasteiger partial charge in [0.25, 0.3) is 0 Å². The molecule has 0 bridgehead atoms. The standard InChI is InChI=1S/C8H7Cl3F2N2/c9-3-2-15-8(11)7(10)6(3)4(14)1-5(12)13/h2,4-5H,1,14H2/t4-/m1/s1. The summed E-state index contributed by atoms with van der Waals surface area (Å²) in [5.74, 6) is 0. The van der Waals surface area contributed by atoms with Crippen LogP contribution in [0.3, 0.4) is 0 Å². The van der Waals surface area contributed by atoms with Crippen LogP contribution in [-0.4, -0.2) is 11.4 Å². The zero-order chi connectivity index (χ0) is 11.6. The maximum atomic E-state index is 12.1. The largest absolute Gasteiger partial charge is 0.324 e. The van der Waals surface area contributed by atoms with Crippen molar-refractivity contribution in [2.24, 2.45) is 5.73 Å². The lowest BCUT2D eigenvalue weighted by Crippen LogP contribution is -2.15. The molecule has 0 radical (unpaired) electrons. The van der Waals surface area contributed by atoms with Crippen molar-refractivity contribution in [2.75, 3.05) is 0 Å². The summed E-state index contributed by atoms with van der Waals surface area (Å²) in [6.07, 6.45) is -1.82. The topological polar surface area (TPSA) is 38.9 Å². The number of alkyl halides is 2. The van der Waals surface area contributed by atoms with Gasteiger partial charge in [-0.15, -0.1) is 0 Å². The second kappa shape index (κ2) is 5.25. The molecule has 0 saturated carbocycles. The molecule has 1 aromatic heterocycles. The van der Waals surface area contributed by atoms with E-state index < -0.39 is 18.9 Å². The van der Waals surface area contributed by atoms with Gasteiger partial charge in [-0.2, -0.15) is 0 Å². The SMILES string of the molecule is N[C@H](CC(F)F)c1c(Cl)cnc(Cl)c1Cl. The van der Waals surface area contributed by atoms with Crippen LogP contribution in [0.2, 0.25) is 15.2 Å². The molecule has 1 rings (SSSR count). The number of hydrogen-bond acceptors (Lipinski definition) is 2. The van der Waals surface area contributed by atoms with E-state index >= 15 is 0 Å². The van der Waals surface area contributed by atoms with Crippen molar-refractivity contribution < 1.29 is 8.78 Å². The molecule has 1 aromatic rings. The molecule has 1 heterocycles. The van der Waals surface area contributed by atoms with Crippen molar-refractivity contribution in [1.29, 1.82) is 0 Å². The van der Waals surface area contributed by atoms with Crippen LogP contribution >= 0.6 is 34.8 Å². The zero-order valence-electron chi connectivity index (χ0n) is 7.35. The quantitative estimate of drug-likeness (QED) is 0.854. The fourth-order valence-corrected chi connectivity index (χ4v) is 1.88. The smallest absolute Gasteiger partial charge is 0.240 e. The molecule has 1 atom stereocenters. The Morgan fingerprint density at radius 1 is 1.33 bits per heavy atom. The Morgan fingerprint density at radius 3 is 2.47 bits per heavy atom. The van der Waals surface area contributed by atoms with Gasteiger partial charge in [0.2, 0.25) is 6.43 Å². The molecule has 0 aromatic carbocycles. The van der Waals surface area contributed by atoms with Gasteiger partial charge in [0, 0.05) is 24.2 Å². The summed E-state index contributed by atoms with van der Waals surface area (Å²) < 4.78 is 24.2. The van der Waals surface area contributed by atoms with E-state index in [4.69, 9.17) is 40.5 Å². The van der Waals surface area contributed by atoms with Crippen LogP contribution in [0.1, 0.15) is 18.0 Å². The molecule has 15 heavy (non-hydrogen) atoms. The number of rotatable bonds is 3. The minimum atomic E-state index is -2.53. The number of pyridine rings is 1. The molecule has 2 N–H and O–H groups in total. The van der Waals surface area contributed by atoms with E-state index in [0.717, 1.165) is 0 Å². The number of halogens is 5. The van der Waals surface area contributed by atoms with Crippen molar-refractivity contribution in [3.8, 4) is 0 Å².